The first-order chi connectivity index (χ1) is 5.49. The minimum atomic E-state index is 0.191. The maximum atomic E-state index is 4.17. The van der Waals surface area contributed by atoms with E-state index >= 15 is 0 Å². The fourth-order valence-electron chi connectivity index (χ4n) is 0.667. The molecule has 0 saturated heterocycles. The van der Waals surface area contributed by atoms with Crippen LogP contribution in [-0.4, -0.2) is 14.7 Å². The van der Waals surface area contributed by atoms with Gasteiger partial charge in [-0.1, -0.05) is 32.5 Å². The molecule has 12 heavy (non-hydrogen) atoms. The highest BCUT2D eigenvalue weighted by molar-refractivity contribution is 9.10. The van der Waals surface area contributed by atoms with Gasteiger partial charge in [0.05, 0.1) is 4.47 Å². The third-order valence-electron chi connectivity index (χ3n) is 1.04. The van der Waals surface area contributed by atoms with Crippen LogP contribution in [0.25, 0.3) is 0 Å². The van der Waals surface area contributed by atoms with Gasteiger partial charge in [-0.05, 0) is 15.9 Å². The monoisotopic (exact) mass is 246 g/mol. The molecule has 0 spiro atoms. The molecule has 1 aromatic heterocycles. The van der Waals surface area contributed by atoms with Gasteiger partial charge < -0.3 is 0 Å². The Balaban J connectivity index is 2.83. The fourth-order valence-corrected chi connectivity index (χ4v) is 1.96. The summed E-state index contributed by atoms with van der Waals surface area (Å²) in [5.74, 6) is 0. The molecule has 0 bridgehead atoms. The Morgan fingerprint density at radius 2 is 2.08 bits per heavy atom. The van der Waals surface area contributed by atoms with Gasteiger partial charge in [-0.2, -0.15) is 0 Å². The van der Waals surface area contributed by atoms with Crippen molar-refractivity contribution >= 4 is 27.7 Å². The molecule has 66 valence electrons. The summed E-state index contributed by atoms with van der Waals surface area (Å²) in [6.07, 6.45) is 3.33. The predicted octanol–water partition coefficient (Wildman–Crippen LogP) is 3.13. The average Bonchev–Trinajstić information content (AvgIpc) is 1.91. The fraction of sp³-hybridized carbons (Fsp3) is 0.500. The van der Waals surface area contributed by atoms with E-state index in [2.05, 4.69) is 46.7 Å². The summed E-state index contributed by atoms with van der Waals surface area (Å²) in [5.41, 5.74) is 0. The van der Waals surface area contributed by atoms with Crippen LogP contribution in [0.2, 0.25) is 0 Å². The van der Waals surface area contributed by atoms with E-state index in [0.29, 0.717) is 0 Å². The van der Waals surface area contributed by atoms with Crippen molar-refractivity contribution in [1.29, 1.82) is 0 Å². The van der Waals surface area contributed by atoms with E-state index in [0.717, 1.165) is 9.50 Å². The zero-order valence-electron chi connectivity index (χ0n) is 7.34. The summed E-state index contributed by atoms with van der Waals surface area (Å²) in [6, 6.07) is 0. The molecular formula is C8H11BrN2S. The van der Waals surface area contributed by atoms with Crippen molar-refractivity contribution in [2.24, 2.45) is 0 Å². The summed E-state index contributed by atoms with van der Waals surface area (Å²) in [6.45, 7) is 6.48. The van der Waals surface area contributed by atoms with E-state index in [1.165, 1.54) is 0 Å². The SMILES string of the molecule is CC(C)(C)Sc1ncncc1Br. The first-order valence-electron chi connectivity index (χ1n) is 3.63. The number of thioether (sulfide) groups is 1. The van der Waals surface area contributed by atoms with Crippen molar-refractivity contribution in [3.05, 3.63) is 17.0 Å². The molecule has 0 aliphatic rings. The van der Waals surface area contributed by atoms with Crippen molar-refractivity contribution in [3.8, 4) is 0 Å². The van der Waals surface area contributed by atoms with Gasteiger partial charge in [0, 0.05) is 10.9 Å². The van der Waals surface area contributed by atoms with Crippen LogP contribution in [0.1, 0.15) is 20.8 Å². The van der Waals surface area contributed by atoms with E-state index in [4.69, 9.17) is 0 Å². The normalized spacial score (nSPS) is 11.7. The van der Waals surface area contributed by atoms with Crippen LogP contribution in [-0.2, 0) is 0 Å². The highest BCUT2D eigenvalue weighted by Gasteiger charge is 2.14. The predicted molar refractivity (Wildman–Crippen MR) is 55.3 cm³/mol. The summed E-state index contributed by atoms with van der Waals surface area (Å²) < 4.78 is 1.15. The van der Waals surface area contributed by atoms with Gasteiger partial charge in [0.15, 0.2) is 0 Å². The van der Waals surface area contributed by atoms with Gasteiger partial charge in [0.25, 0.3) is 0 Å². The molecule has 0 saturated carbocycles. The Labute approximate surface area is 85.3 Å². The van der Waals surface area contributed by atoms with Gasteiger partial charge in [0.2, 0.25) is 0 Å². The number of aromatic nitrogens is 2. The number of hydrogen-bond donors (Lipinski definition) is 0. The highest BCUT2D eigenvalue weighted by atomic mass is 79.9. The molecule has 4 heteroatoms. The lowest BCUT2D eigenvalue weighted by Gasteiger charge is -2.16. The second kappa shape index (κ2) is 3.75. The Morgan fingerprint density at radius 1 is 1.42 bits per heavy atom. The Hall–Kier alpha value is -0.0900. The van der Waals surface area contributed by atoms with E-state index < -0.39 is 0 Å². The number of hydrogen-bond acceptors (Lipinski definition) is 3. The molecule has 0 radical (unpaired) electrons. The van der Waals surface area contributed by atoms with E-state index in [-0.39, 0.29) is 4.75 Å². The molecule has 0 aliphatic carbocycles. The Bertz CT molecular complexity index is 270. The molecule has 0 amide bonds. The van der Waals surface area contributed by atoms with Crippen LogP contribution in [0.3, 0.4) is 0 Å². The summed E-state index contributed by atoms with van der Waals surface area (Å²) in [4.78, 5) is 8.07. The van der Waals surface area contributed by atoms with Crippen molar-refractivity contribution in [2.75, 3.05) is 0 Å². The van der Waals surface area contributed by atoms with Crippen LogP contribution >= 0.6 is 27.7 Å². The van der Waals surface area contributed by atoms with E-state index in [1.54, 1.807) is 24.3 Å². The Kier molecular flexibility index (Phi) is 3.12. The molecule has 1 aromatic rings. The topological polar surface area (TPSA) is 25.8 Å². The van der Waals surface area contributed by atoms with Crippen LogP contribution < -0.4 is 0 Å². The summed E-state index contributed by atoms with van der Waals surface area (Å²) in [5, 5.41) is 0.998. The third kappa shape index (κ3) is 3.11. The van der Waals surface area contributed by atoms with Crippen LogP contribution in [0.15, 0.2) is 22.0 Å². The van der Waals surface area contributed by atoms with Crippen molar-refractivity contribution in [1.82, 2.24) is 9.97 Å². The van der Waals surface area contributed by atoms with Gasteiger partial charge in [-0.3, -0.25) is 0 Å². The van der Waals surface area contributed by atoms with Crippen molar-refractivity contribution < 1.29 is 0 Å². The Morgan fingerprint density at radius 3 is 2.58 bits per heavy atom. The average molecular weight is 247 g/mol. The molecule has 0 unspecified atom stereocenters. The van der Waals surface area contributed by atoms with Gasteiger partial charge in [0.1, 0.15) is 11.4 Å². The molecule has 1 rings (SSSR count). The molecule has 0 N–H and O–H groups in total. The quantitative estimate of drug-likeness (QED) is 0.563. The molecule has 0 aromatic carbocycles. The first kappa shape index (κ1) is 9.99. The molecule has 1 heterocycles. The standard InChI is InChI=1S/C8H11BrN2S/c1-8(2,3)12-7-6(9)4-10-5-11-7/h4-5H,1-3H3. The molecule has 2 nitrogen and oxygen atoms in total. The van der Waals surface area contributed by atoms with Crippen molar-refractivity contribution in [3.63, 3.8) is 0 Å². The van der Waals surface area contributed by atoms with Crippen LogP contribution in [0.5, 0.6) is 0 Å². The number of rotatable bonds is 1. The zero-order chi connectivity index (χ0) is 9.19. The zero-order valence-corrected chi connectivity index (χ0v) is 9.74. The summed E-state index contributed by atoms with van der Waals surface area (Å²) >= 11 is 5.13. The van der Waals surface area contributed by atoms with Gasteiger partial charge >= 0.3 is 0 Å². The lowest BCUT2D eigenvalue weighted by atomic mass is 10.3. The van der Waals surface area contributed by atoms with Crippen LogP contribution in [0, 0.1) is 0 Å². The van der Waals surface area contributed by atoms with Gasteiger partial charge in [-0.25, -0.2) is 9.97 Å². The third-order valence-corrected chi connectivity index (χ3v) is 3.01. The second-order valence-electron chi connectivity index (χ2n) is 3.39. The van der Waals surface area contributed by atoms with Gasteiger partial charge in [-0.15, -0.1) is 0 Å². The summed E-state index contributed by atoms with van der Waals surface area (Å²) in [7, 11) is 0. The largest absolute Gasteiger partial charge is 0.244 e. The molecular weight excluding hydrogens is 236 g/mol. The van der Waals surface area contributed by atoms with Crippen LogP contribution in [0.4, 0.5) is 0 Å². The van der Waals surface area contributed by atoms with Crippen molar-refractivity contribution in [2.45, 2.75) is 30.5 Å². The first-order valence-corrected chi connectivity index (χ1v) is 5.24. The second-order valence-corrected chi connectivity index (χ2v) is 6.06. The minimum Gasteiger partial charge on any atom is -0.244 e. The number of halogens is 1. The highest BCUT2D eigenvalue weighted by Crippen LogP contribution is 2.33. The molecule has 0 aliphatic heterocycles. The van der Waals surface area contributed by atoms with E-state index in [1.807, 2.05) is 0 Å². The maximum Gasteiger partial charge on any atom is 0.116 e. The maximum absolute atomic E-state index is 4.17. The smallest absolute Gasteiger partial charge is 0.116 e. The lowest BCUT2D eigenvalue weighted by molar-refractivity contribution is 0.797. The van der Waals surface area contributed by atoms with E-state index in [9.17, 15) is 0 Å². The molecule has 0 fully saturated rings. The number of nitrogens with zero attached hydrogens (tertiary/aromatic N) is 2. The molecule has 0 atom stereocenters. The lowest BCUT2D eigenvalue weighted by Crippen LogP contribution is -2.07. The minimum absolute atomic E-state index is 0.191.